The van der Waals surface area contributed by atoms with Crippen LogP contribution in [0.5, 0.6) is 0 Å². The van der Waals surface area contributed by atoms with E-state index in [1.54, 1.807) is 18.2 Å². The first-order valence-electron chi connectivity index (χ1n) is 6.77. The highest BCUT2D eigenvalue weighted by Crippen LogP contribution is 2.31. The smallest absolute Gasteiger partial charge is 0.252 e. The monoisotopic (exact) mass is 283 g/mol. The normalized spacial score (nSPS) is 20.0. The quantitative estimate of drug-likeness (QED) is 0.623. The van der Waals surface area contributed by atoms with Gasteiger partial charge in [-0.15, -0.1) is 0 Å². The van der Waals surface area contributed by atoms with Gasteiger partial charge in [0.25, 0.3) is 5.91 Å². The highest BCUT2D eigenvalue weighted by atomic mass is 16.3. The number of carbonyl (C=O) groups is 1. The highest BCUT2D eigenvalue weighted by Gasteiger charge is 2.32. The number of nitrogens with one attached hydrogen (secondary N) is 1. The zero-order chi connectivity index (χ0) is 15.0. The second kappa shape index (κ2) is 5.10. The molecule has 2 aromatic rings. The first-order chi connectivity index (χ1) is 10.0. The number of benzene rings is 2. The molecule has 0 saturated carbocycles. The standard InChI is InChI=1S/C16H17N3O2/c17-11-5-10(6-12(18)8-11)16(21)19-15-13-4-2-1-3-9(13)7-14(15)20/h1-6,8,14-15,20H,7,17-18H2,(H,19,21)/t14-,15+/m0/s1. The Morgan fingerprint density at radius 1 is 1.14 bits per heavy atom. The molecule has 5 heteroatoms. The molecular formula is C16H17N3O2. The Morgan fingerprint density at radius 3 is 2.52 bits per heavy atom. The Bertz CT molecular complexity index is 679. The summed E-state index contributed by atoms with van der Waals surface area (Å²) in [6.07, 6.45) is -0.0787. The number of nitrogens with two attached hydrogens (primary N) is 2. The lowest BCUT2D eigenvalue weighted by Crippen LogP contribution is -2.33. The van der Waals surface area contributed by atoms with Crippen LogP contribution in [0.4, 0.5) is 11.4 Å². The Balaban J connectivity index is 1.85. The Morgan fingerprint density at radius 2 is 1.81 bits per heavy atom. The van der Waals surface area contributed by atoms with Gasteiger partial charge in [-0.1, -0.05) is 24.3 Å². The number of hydrogen-bond acceptors (Lipinski definition) is 4. The molecule has 21 heavy (non-hydrogen) atoms. The van der Waals surface area contributed by atoms with Gasteiger partial charge in [-0.3, -0.25) is 4.79 Å². The van der Waals surface area contributed by atoms with Gasteiger partial charge in [-0.25, -0.2) is 0 Å². The highest BCUT2D eigenvalue weighted by molar-refractivity contribution is 5.96. The minimum atomic E-state index is -0.621. The van der Waals surface area contributed by atoms with Crippen molar-refractivity contribution in [1.29, 1.82) is 0 Å². The second-order valence-electron chi connectivity index (χ2n) is 5.31. The summed E-state index contributed by atoms with van der Waals surface area (Å²) >= 11 is 0. The van der Waals surface area contributed by atoms with Crippen LogP contribution in [-0.4, -0.2) is 17.1 Å². The molecular weight excluding hydrogens is 266 g/mol. The fourth-order valence-corrected chi connectivity index (χ4v) is 2.78. The molecule has 1 aliphatic rings. The van der Waals surface area contributed by atoms with E-state index in [4.69, 9.17) is 11.5 Å². The molecule has 1 aliphatic carbocycles. The first-order valence-corrected chi connectivity index (χ1v) is 6.77. The van der Waals surface area contributed by atoms with E-state index in [9.17, 15) is 9.90 Å². The molecule has 2 aromatic carbocycles. The van der Waals surface area contributed by atoms with E-state index in [1.807, 2.05) is 24.3 Å². The van der Waals surface area contributed by atoms with Crippen molar-refractivity contribution in [2.45, 2.75) is 18.6 Å². The molecule has 108 valence electrons. The van der Waals surface area contributed by atoms with Crippen LogP contribution < -0.4 is 16.8 Å². The van der Waals surface area contributed by atoms with Gasteiger partial charge in [0, 0.05) is 23.4 Å². The minimum Gasteiger partial charge on any atom is -0.399 e. The predicted molar refractivity (Wildman–Crippen MR) is 81.6 cm³/mol. The molecule has 0 saturated heterocycles. The molecule has 0 heterocycles. The average Bonchev–Trinajstić information content (AvgIpc) is 2.74. The molecule has 3 rings (SSSR count). The molecule has 0 unspecified atom stereocenters. The molecule has 5 nitrogen and oxygen atoms in total. The van der Waals surface area contributed by atoms with Crippen molar-refractivity contribution in [3.8, 4) is 0 Å². The van der Waals surface area contributed by atoms with Crippen molar-refractivity contribution in [2.75, 3.05) is 11.5 Å². The van der Waals surface area contributed by atoms with Gasteiger partial charge in [0.15, 0.2) is 0 Å². The zero-order valence-corrected chi connectivity index (χ0v) is 11.4. The molecule has 2 atom stereocenters. The van der Waals surface area contributed by atoms with Gasteiger partial charge < -0.3 is 21.9 Å². The fraction of sp³-hybridized carbons (Fsp3) is 0.188. The first kappa shape index (κ1) is 13.5. The Labute approximate surface area is 122 Å². The number of hydrogen-bond donors (Lipinski definition) is 4. The van der Waals surface area contributed by atoms with Crippen LogP contribution in [0.25, 0.3) is 0 Å². The van der Waals surface area contributed by atoms with Crippen LogP contribution in [-0.2, 0) is 6.42 Å². The van der Waals surface area contributed by atoms with Crippen LogP contribution >= 0.6 is 0 Å². The van der Waals surface area contributed by atoms with Gasteiger partial charge >= 0.3 is 0 Å². The lowest BCUT2D eigenvalue weighted by molar-refractivity contribution is 0.0858. The molecule has 1 amide bonds. The number of rotatable bonds is 2. The summed E-state index contributed by atoms with van der Waals surface area (Å²) in [7, 11) is 0. The van der Waals surface area contributed by atoms with Crippen LogP contribution in [0, 0.1) is 0 Å². The maximum Gasteiger partial charge on any atom is 0.252 e. The minimum absolute atomic E-state index is 0.297. The van der Waals surface area contributed by atoms with Crippen molar-refractivity contribution in [2.24, 2.45) is 0 Å². The van der Waals surface area contributed by atoms with E-state index in [0.29, 0.717) is 23.4 Å². The summed E-state index contributed by atoms with van der Waals surface area (Å²) in [6.45, 7) is 0. The van der Waals surface area contributed by atoms with Crippen LogP contribution in [0.2, 0.25) is 0 Å². The Hall–Kier alpha value is -2.53. The summed E-state index contributed by atoms with van der Waals surface area (Å²) in [4.78, 5) is 12.3. The van der Waals surface area contributed by atoms with Crippen LogP contribution in [0.1, 0.15) is 27.5 Å². The lowest BCUT2D eigenvalue weighted by atomic mass is 10.1. The van der Waals surface area contributed by atoms with Crippen LogP contribution in [0.15, 0.2) is 42.5 Å². The lowest BCUT2D eigenvalue weighted by Gasteiger charge is -2.18. The summed E-state index contributed by atoms with van der Waals surface area (Å²) in [5.74, 6) is -0.297. The topological polar surface area (TPSA) is 101 Å². The average molecular weight is 283 g/mol. The molecule has 0 bridgehead atoms. The third-order valence-electron chi connectivity index (χ3n) is 3.73. The van der Waals surface area contributed by atoms with E-state index in [-0.39, 0.29) is 5.91 Å². The maximum atomic E-state index is 12.3. The maximum absolute atomic E-state index is 12.3. The van der Waals surface area contributed by atoms with E-state index in [2.05, 4.69) is 5.32 Å². The van der Waals surface area contributed by atoms with E-state index in [1.165, 1.54) is 0 Å². The van der Waals surface area contributed by atoms with Gasteiger partial charge in [-0.2, -0.15) is 0 Å². The van der Waals surface area contributed by atoms with Crippen molar-refractivity contribution in [3.05, 3.63) is 59.2 Å². The third-order valence-corrected chi connectivity index (χ3v) is 3.73. The number of anilines is 2. The summed E-state index contributed by atoms with van der Waals surface area (Å²) in [5, 5.41) is 13.0. The Kier molecular flexibility index (Phi) is 3.27. The molecule has 0 spiro atoms. The van der Waals surface area contributed by atoms with Crippen molar-refractivity contribution in [3.63, 3.8) is 0 Å². The molecule has 0 aliphatic heterocycles. The molecule has 0 radical (unpaired) electrons. The summed E-state index contributed by atoms with van der Waals surface area (Å²) in [6, 6.07) is 12.0. The van der Waals surface area contributed by atoms with Gasteiger partial charge in [0.05, 0.1) is 12.1 Å². The summed E-state index contributed by atoms with van der Waals surface area (Å²) < 4.78 is 0. The predicted octanol–water partition coefficient (Wildman–Crippen LogP) is 1.24. The molecule has 0 aromatic heterocycles. The molecule has 6 N–H and O–H groups in total. The number of fused-ring (bicyclic) bond motifs is 1. The number of carbonyl (C=O) groups excluding carboxylic acids is 1. The van der Waals surface area contributed by atoms with E-state index in [0.717, 1.165) is 11.1 Å². The number of nitrogen functional groups attached to an aromatic ring is 2. The van der Waals surface area contributed by atoms with Gasteiger partial charge in [0.2, 0.25) is 0 Å². The number of aliphatic hydroxyl groups excluding tert-OH is 1. The fourth-order valence-electron chi connectivity index (χ4n) is 2.78. The molecule has 0 fully saturated rings. The number of aliphatic hydroxyl groups is 1. The number of amides is 1. The van der Waals surface area contributed by atoms with Gasteiger partial charge in [-0.05, 0) is 29.3 Å². The van der Waals surface area contributed by atoms with Crippen LogP contribution in [0.3, 0.4) is 0 Å². The van der Waals surface area contributed by atoms with Crippen molar-refractivity contribution >= 4 is 17.3 Å². The van der Waals surface area contributed by atoms with Crippen molar-refractivity contribution in [1.82, 2.24) is 5.32 Å². The van der Waals surface area contributed by atoms with Crippen molar-refractivity contribution < 1.29 is 9.90 Å². The SMILES string of the molecule is Nc1cc(N)cc(C(=O)N[C@@H]2c3ccccc3C[C@@H]2O)c1. The van der Waals surface area contributed by atoms with Gasteiger partial charge in [0.1, 0.15) is 0 Å². The van der Waals surface area contributed by atoms with E-state index < -0.39 is 12.1 Å². The van der Waals surface area contributed by atoms with E-state index >= 15 is 0 Å². The zero-order valence-electron chi connectivity index (χ0n) is 11.4. The largest absolute Gasteiger partial charge is 0.399 e. The second-order valence-corrected chi connectivity index (χ2v) is 5.31. The third kappa shape index (κ3) is 2.55. The summed E-state index contributed by atoms with van der Waals surface area (Å²) in [5.41, 5.74) is 14.7.